The molecule has 9 heteroatoms. The molecule has 1 heterocycles. The highest BCUT2D eigenvalue weighted by Gasteiger charge is 2.35. The van der Waals surface area contributed by atoms with E-state index >= 15 is 0 Å². The maximum Gasteiger partial charge on any atom is 0.326 e. The van der Waals surface area contributed by atoms with Crippen LogP contribution in [0.25, 0.3) is 0 Å². The first kappa shape index (κ1) is 20.2. The minimum atomic E-state index is -1.17. The summed E-state index contributed by atoms with van der Waals surface area (Å²) in [6.45, 7) is 4.11. The van der Waals surface area contributed by atoms with Crippen molar-refractivity contribution in [1.82, 2.24) is 10.2 Å². The number of carbonyl (C=O) groups is 4. The van der Waals surface area contributed by atoms with Gasteiger partial charge in [-0.3, -0.25) is 19.3 Å². The number of hydrogen-bond donors (Lipinski definition) is 2. The van der Waals surface area contributed by atoms with Gasteiger partial charge in [-0.25, -0.2) is 4.79 Å². The normalized spacial score (nSPS) is 16.8. The summed E-state index contributed by atoms with van der Waals surface area (Å²) >= 11 is 0. The van der Waals surface area contributed by atoms with Gasteiger partial charge in [0.1, 0.15) is 18.3 Å². The number of carbonyl (C=O) groups excluding carboxylic acids is 3. The Morgan fingerprint density at radius 3 is 2.63 bits per heavy atom. The van der Waals surface area contributed by atoms with E-state index in [4.69, 9.17) is 4.74 Å². The lowest BCUT2D eigenvalue weighted by Crippen LogP contribution is -2.53. The van der Waals surface area contributed by atoms with Crippen molar-refractivity contribution in [3.8, 4) is 5.75 Å². The topological polar surface area (TPSA) is 116 Å². The standard InChI is InChI=1S/C18H23N3O6/c1-11(18(25)26)20(9-8-19-13(3)22)16(23)10-21-14-6-4-5-7-15(14)27-12(2)17(21)24/h4-7,11-12H,8-10H2,1-3H3,(H,19,22)(H,25,26). The predicted molar refractivity (Wildman–Crippen MR) is 96.4 cm³/mol. The Bertz CT molecular complexity index is 750. The summed E-state index contributed by atoms with van der Waals surface area (Å²) in [5.41, 5.74) is 0.457. The molecule has 2 N–H and O–H groups in total. The first-order valence-electron chi connectivity index (χ1n) is 8.56. The van der Waals surface area contributed by atoms with Crippen molar-refractivity contribution < 1.29 is 29.0 Å². The van der Waals surface area contributed by atoms with Crippen LogP contribution in [-0.2, 0) is 19.2 Å². The van der Waals surface area contributed by atoms with Crippen molar-refractivity contribution in [2.24, 2.45) is 0 Å². The SMILES string of the molecule is CC(=O)NCCN(C(=O)CN1C(=O)C(C)Oc2ccccc21)C(C)C(=O)O. The van der Waals surface area contributed by atoms with Gasteiger partial charge in [0, 0.05) is 20.0 Å². The number of carboxylic acid groups (broad SMARTS) is 1. The van der Waals surface area contributed by atoms with Gasteiger partial charge in [0.05, 0.1) is 5.69 Å². The Morgan fingerprint density at radius 2 is 2.00 bits per heavy atom. The van der Waals surface area contributed by atoms with Crippen LogP contribution in [0.4, 0.5) is 5.69 Å². The van der Waals surface area contributed by atoms with Crippen LogP contribution in [0.3, 0.4) is 0 Å². The molecule has 0 saturated heterocycles. The van der Waals surface area contributed by atoms with Crippen molar-refractivity contribution in [2.45, 2.75) is 32.9 Å². The molecule has 0 saturated carbocycles. The number of aliphatic carboxylic acids is 1. The maximum atomic E-state index is 12.8. The van der Waals surface area contributed by atoms with Gasteiger partial charge in [0.15, 0.2) is 6.10 Å². The molecule has 0 aromatic heterocycles. The number of fused-ring (bicyclic) bond motifs is 1. The van der Waals surface area contributed by atoms with E-state index in [1.807, 2.05) is 0 Å². The monoisotopic (exact) mass is 377 g/mol. The van der Waals surface area contributed by atoms with Gasteiger partial charge in [-0.2, -0.15) is 0 Å². The third kappa shape index (κ3) is 4.75. The number of nitrogens with one attached hydrogen (secondary N) is 1. The fraction of sp³-hybridized carbons (Fsp3) is 0.444. The van der Waals surface area contributed by atoms with Gasteiger partial charge in [-0.15, -0.1) is 0 Å². The molecule has 9 nitrogen and oxygen atoms in total. The average molecular weight is 377 g/mol. The fourth-order valence-corrected chi connectivity index (χ4v) is 2.77. The number of ether oxygens (including phenoxy) is 1. The lowest BCUT2D eigenvalue weighted by Gasteiger charge is -2.34. The van der Waals surface area contributed by atoms with Crippen LogP contribution < -0.4 is 15.0 Å². The zero-order valence-electron chi connectivity index (χ0n) is 15.5. The molecular weight excluding hydrogens is 354 g/mol. The number of benzene rings is 1. The minimum absolute atomic E-state index is 0.0155. The molecule has 0 radical (unpaired) electrons. The molecule has 0 aliphatic carbocycles. The van der Waals surface area contributed by atoms with Crippen molar-refractivity contribution in [1.29, 1.82) is 0 Å². The van der Waals surface area contributed by atoms with E-state index in [-0.39, 0.29) is 31.4 Å². The number of amides is 3. The molecule has 3 amide bonds. The molecule has 1 aromatic rings. The smallest absolute Gasteiger partial charge is 0.326 e. The van der Waals surface area contributed by atoms with Gasteiger partial charge in [0.25, 0.3) is 5.91 Å². The van der Waals surface area contributed by atoms with Crippen molar-refractivity contribution in [2.75, 3.05) is 24.5 Å². The summed E-state index contributed by atoms with van der Waals surface area (Å²) < 4.78 is 5.54. The minimum Gasteiger partial charge on any atom is -0.480 e. The average Bonchev–Trinajstić information content (AvgIpc) is 2.61. The molecule has 146 valence electrons. The second-order valence-corrected chi connectivity index (χ2v) is 6.24. The molecule has 1 aliphatic heterocycles. The van der Waals surface area contributed by atoms with Crippen LogP contribution in [0.1, 0.15) is 20.8 Å². The summed E-state index contributed by atoms with van der Waals surface area (Å²) in [5.74, 6) is -1.89. The molecule has 27 heavy (non-hydrogen) atoms. The fourth-order valence-electron chi connectivity index (χ4n) is 2.77. The Balaban J connectivity index is 2.21. The lowest BCUT2D eigenvalue weighted by atomic mass is 10.1. The van der Waals surface area contributed by atoms with Gasteiger partial charge in [-0.05, 0) is 26.0 Å². The first-order chi connectivity index (χ1) is 12.7. The van der Waals surface area contributed by atoms with E-state index in [1.54, 1.807) is 31.2 Å². The highest BCUT2D eigenvalue weighted by molar-refractivity contribution is 6.04. The third-order valence-electron chi connectivity index (χ3n) is 4.24. The van der Waals surface area contributed by atoms with Gasteiger partial charge in [-0.1, -0.05) is 12.1 Å². The Hall–Kier alpha value is -3.10. The Labute approximate surface area is 156 Å². The van der Waals surface area contributed by atoms with E-state index in [0.717, 1.165) is 4.90 Å². The summed E-state index contributed by atoms with van der Waals surface area (Å²) in [5, 5.41) is 11.8. The van der Waals surface area contributed by atoms with Crippen LogP contribution in [0.15, 0.2) is 24.3 Å². The number of rotatable bonds is 7. The Morgan fingerprint density at radius 1 is 1.33 bits per heavy atom. The summed E-state index contributed by atoms with van der Waals surface area (Å²) in [6, 6.07) is 5.74. The highest BCUT2D eigenvalue weighted by atomic mass is 16.5. The lowest BCUT2D eigenvalue weighted by molar-refractivity contribution is -0.149. The van der Waals surface area contributed by atoms with Crippen molar-refractivity contribution in [3.05, 3.63) is 24.3 Å². The van der Waals surface area contributed by atoms with Crippen LogP contribution in [0, 0.1) is 0 Å². The quantitative estimate of drug-likeness (QED) is 0.703. The second kappa shape index (κ2) is 8.52. The second-order valence-electron chi connectivity index (χ2n) is 6.24. The number of hydrogen-bond acceptors (Lipinski definition) is 5. The Kier molecular flexibility index (Phi) is 6.38. The zero-order chi connectivity index (χ0) is 20.1. The van der Waals surface area contributed by atoms with Crippen LogP contribution >= 0.6 is 0 Å². The molecule has 0 bridgehead atoms. The van der Waals surface area contributed by atoms with E-state index in [1.165, 1.54) is 18.7 Å². The van der Waals surface area contributed by atoms with Gasteiger partial charge >= 0.3 is 5.97 Å². The number of nitrogens with zero attached hydrogens (tertiary/aromatic N) is 2. The van der Waals surface area contributed by atoms with Crippen LogP contribution in [0.5, 0.6) is 5.75 Å². The molecule has 2 atom stereocenters. The molecular formula is C18H23N3O6. The van der Waals surface area contributed by atoms with Gasteiger partial charge < -0.3 is 20.1 Å². The van der Waals surface area contributed by atoms with Gasteiger partial charge in [0.2, 0.25) is 11.8 Å². The summed E-state index contributed by atoms with van der Waals surface area (Å²) in [4.78, 5) is 50.2. The van der Waals surface area contributed by atoms with E-state index < -0.39 is 24.0 Å². The number of anilines is 1. The molecule has 1 aromatic carbocycles. The van der Waals surface area contributed by atoms with E-state index in [2.05, 4.69) is 5.32 Å². The van der Waals surface area contributed by atoms with Crippen molar-refractivity contribution >= 4 is 29.4 Å². The molecule has 1 aliphatic rings. The number of carboxylic acids is 1. The van der Waals surface area contributed by atoms with Crippen LogP contribution in [0.2, 0.25) is 0 Å². The maximum absolute atomic E-state index is 12.8. The summed E-state index contributed by atoms with van der Waals surface area (Å²) in [6.07, 6.45) is -0.752. The molecule has 0 spiro atoms. The highest BCUT2D eigenvalue weighted by Crippen LogP contribution is 2.33. The van der Waals surface area contributed by atoms with Crippen LogP contribution in [-0.4, -0.2) is 65.5 Å². The molecule has 0 fully saturated rings. The predicted octanol–water partition coefficient (Wildman–Crippen LogP) is 0.238. The number of para-hydroxylation sites is 2. The van der Waals surface area contributed by atoms with E-state index in [9.17, 15) is 24.3 Å². The zero-order valence-corrected chi connectivity index (χ0v) is 15.5. The third-order valence-corrected chi connectivity index (χ3v) is 4.24. The van der Waals surface area contributed by atoms with Crippen molar-refractivity contribution in [3.63, 3.8) is 0 Å². The molecule has 2 rings (SSSR count). The summed E-state index contributed by atoms with van der Waals surface area (Å²) in [7, 11) is 0. The molecule has 2 unspecified atom stereocenters. The van der Waals surface area contributed by atoms with E-state index in [0.29, 0.717) is 11.4 Å². The first-order valence-corrected chi connectivity index (χ1v) is 8.56. The largest absolute Gasteiger partial charge is 0.480 e.